The van der Waals surface area contributed by atoms with Crippen molar-refractivity contribution in [1.29, 1.82) is 0 Å². The average Bonchev–Trinajstić information content (AvgIpc) is 2.36. The van der Waals surface area contributed by atoms with Crippen LogP contribution in [0.15, 0.2) is 24.3 Å². The number of nitrogens with zero attached hydrogens (tertiary/aromatic N) is 1. The highest BCUT2D eigenvalue weighted by molar-refractivity contribution is 5.96. The van der Waals surface area contributed by atoms with Crippen LogP contribution in [-0.4, -0.2) is 29.2 Å². The van der Waals surface area contributed by atoms with Gasteiger partial charge in [-0.25, -0.2) is 4.79 Å². The second kappa shape index (κ2) is 7.11. The van der Waals surface area contributed by atoms with Crippen molar-refractivity contribution in [3.05, 3.63) is 29.8 Å². The molecule has 116 valence electrons. The van der Waals surface area contributed by atoms with E-state index in [0.29, 0.717) is 5.69 Å². The molecule has 0 saturated carbocycles. The molecule has 0 aromatic heterocycles. The van der Waals surface area contributed by atoms with Gasteiger partial charge in [0.15, 0.2) is 0 Å². The molecule has 0 bridgehead atoms. The highest BCUT2D eigenvalue weighted by Crippen LogP contribution is 2.17. The van der Waals surface area contributed by atoms with E-state index >= 15 is 0 Å². The summed E-state index contributed by atoms with van der Waals surface area (Å²) in [6, 6.07) is 6.83. The molecule has 2 N–H and O–H groups in total. The van der Waals surface area contributed by atoms with E-state index in [1.807, 2.05) is 39.8 Å². The molecule has 0 heterocycles. The van der Waals surface area contributed by atoms with Gasteiger partial charge in [-0.05, 0) is 39.3 Å². The quantitative estimate of drug-likeness (QED) is 0.846. The number of nitrogens with one attached hydrogen (secondary N) is 1. The summed E-state index contributed by atoms with van der Waals surface area (Å²) in [6.07, 6.45) is 1.77. The Labute approximate surface area is 126 Å². The van der Waals surface area contributed by atoms with Crippen LogP contribution in [0.5, 0.6) is 0 Å². The Hall–Kier alpha value is -2.04. The van der Waals surface area contributed by atoms with Gasteiger partial charge >= 0.3 is 12.0 Å². The maximum atomic E-state index is 12.4. The number of hydrogen-bond acceptors (Lipinski definition) is 2. The first-order valence-corrected chi connectivity index (χ1v) is 7.13. The number of carbonyl (C=O) groups excluding carboxylic acids is 1. The minimum atomic E-state index is -1.04. The van der Waals surface area contributed by atoms with E-state index in [2.05, 4.69) is 5.32 Å². The normalized spacial score (nSPS) is 11.0. The summed E-state index contributed by atoms with van der Waals surface area (Å²) < 4.78 is 0. The molecule has 0 aliphatic carbocycles. The van der Waals surface area contributed by atoms with Crippen LogP contribution in [0.2, 0.25) is 0 Å². The molecule has 1 rings (SSSR count). The van der Waals surface area contributed by atoms with Crippen molar-refractivity contribution in [1.82, 2.24) is 5.32 Å². The number of aryl methyl sites for hydroxylation is 1. The Kier molecular flexibility index (Phi) is 5.76. The van der Waals surface area contributed by atoms with Crippen molar-refractivity contribution in [3.63, 3.8) is 0 Å². The van der Waals surface area contributed by atoms with Crippen molar-refractivity contribution in [3.8, 4) is 0 Å². The largest absolute Gasteiger partial charge is 0.480 e. The van der Waals surface area contributed by atoms with Crippen molar-refractivity contribution in [2.75, 3.05) is 11.4 Å². The fourth-order valence-corrected chi connectivity index (χ4v) is 2.18. The Bertz CT molecular complexity index is 495. The smallest absolute Gasteiger partial charge is 0.323 e. The Morgan fingerprint density at radius 3 is 2.29 bits per heavy atom. The zero-order valence-corrected chi connectivity index (χ0v) is 13.1. The molecule has 0 unspecified atom stereocenters. The molecular weight excluding hydrogens is 268 g/mol. The van der Waals surface area contributed by atoms with Crippen LogP contribution in [0.3, 0.4) is 0 Å². The maximum absolute atomic E-state index is 12.4. The lowest BCUT2D eigenvalue weighted by Gasteiger charge is -2.30. The molecule has 5 nitrogen and oxygen atoms in total. The van der Waals surface area contributed by atoms with E-state index in [0.717, 1.165) is 18.4 Å². The third kappa shape index (κ3) is 5.45. The Morgan fingerprint density at radius 1 is 1.24 bits per heavy atom. The van der Waals surface area contributed by atoms with Gasteiger partial charge < -0.3 is 10.4 Å². The fourth-order valence-electron chi connectivity index (χ4n) is 2.18. The van der Waals surface area contributed by atoms with Gasteiger partial charge in [0.1, 0.15) is 6.54 Å². The summed E-state index contributed by atoms with van der Waals surface area (Å²) in [6.45, 7) is 7.49. The summed E-state index contributed by atoms with van der Waals surface area (Å²) in [4.78, 5) is 24.7. The van der Waals surface area contributed by atoms with E-state index in [1.54, 1.807) is 12.1 Å². The number of carboxylic acid groups (broad SMARTS) is 1. The minimum Gasteiger partial charge on any atom is -0.480 e. The number of amides is 2. The van der Waals surface area contributed by atoms with Crippen LogP contribution < -0.4 is 10.2 Å². The summed E-state index contributed by atoms with van der Waals surface area (Å²) in [5.41, 5.74) is 1.27. The first-order chi connectivity index (χ1) is 9.75. The molecule has 5 heteroatoms. The maximum Gasteiger partial charge on any atom is 0.323 e. The highest BCUT2D eigenvalue weighted by atomic mass is 16.4. The van der Waals surface area contributed by atoms with Gasteiger partial charge in [-0.3, -0.25) is 9.69 Å². The predicted octanol–water partition coefficient (Wildman–Crippen LogP) is 3.17. The fraction of sp³-hybridized carbons (Fsp3) is 0.500. The molecule has 0 saturated heterocycles. The zero-order valence-electron chi connectivity index (χ0n) is 13.1. The molecule has 0 radical (unpaired) electrons. The van der Waals surface area contributed by atoms with Crippen molar-refractivity contribution in [2.45, 2.75) is 46.1 Å². The van der Waals surface area contributed by atoms with Crippen LogP contribution in [0, 0.1) is 6.92 Å². The van der Waals surface area contributed by atoms with Crippen molar-refractivity contribution < 1.29 is 14.7 Å². The number of benzene rings is 1. The van der Waals surface area contributed by atoms with Gasteiger partial charge in [0.2, 0.25) is 0 Å². The summed E-state index contributed by atoms with van der Waals surface area (Å²) in [5, 5.41) is 11.9. The molecule has 21 heavy (non-hydrogen) atoms. The monoisotopic (exact) mass is 292 g/mol. The molecule has 1 aromatic carbocycles. The van der Waals surface area contributed by atoms with Crippen molar-refractivity contribution in [2.24, 2.45) is 0 Å². The Morgan fingerprint density at radius 2 is 1.81 bits per heavy atom. The number of carboxylic acids is 1. The molecular formula is C16H24N2O3. The van der Waals surface area contributed by atoms with E-state index in [-0.39, 0.29) is 18.1 Å². The molecule has 1 aromatic rings. The second-order valence-electron chi connectivity index (χ2n) is 5.88. The number of anilines is 1. The van der Waals surface area contributed by atoms with Gasteiger partial charge in [0.25, 0.3) is 0 Å². The average molecular weight is 292 g/mol. The number of rotatable bonds is 6. The first kappa shape index (κ1) is 17.0. The van der Waals surface area contributed by atoms with E-state index < -0.39 is 5.97 Å². The molecule has 0 atom stereocenters. The van der Waals surface area contributed by atoms with Gasteiger partial charge in [-0.15, -0.1) is 0 Å². The third-order valence-electron chi connectivity index (χ3n) is 3.20. The molecule has 2 amide bonds. The zero-order chi connectivity index (χ0) is 16.0. The van der Waals surface area contributed by atoms with E-state index in [4.69, 9.17) is 5.11 Å². The van der Waals surface area contributed by atoms with E-state index in [9.17, 15) is 9.59 Å². The predicted molar refractivity (Wildman–Crippen MR) is 83.7 cm³/mol. The van der Waals surface area contributed by atoms with Crippen LogP contribution in [0.1, 0.15) is 39.2 Å². The molecule has 0 fully saturated rings. The van der Waals surface area contributed by atoms with Crippen molar-refractivity contribution >= 4 is 17.7 Å². The van der Waals surface area contributed by atoms with Crippen LogP contribution >= 0.6 is 0 Å². The second-order valence-corrected chi connectivity index (χ2v) is 5.88. The number of urea groups is 1. The number of hydrogen-bond donors (Lipinski definition) is 2. The summed E-state index contributed by atoms with van der Waals surface area (Å²) >= 11 is 0. The molecule has 0 aliphatic rings. The lowest BCUT2D eigenvalue weighted by Crippen LogP contribution is -2.51. The topological polar surface area (TPSA) is 69.6 Å². The lowest BCUT2D eigenvalue weighted by atomic mass is 9.99. The van der Waals surface area contributed by atoms with Crippen LogP contribution in [0.4, 0.5) is 10.5 Å². The van der Waals surface area contributed by atoms with Gasteiger partial charge in [-0.2, -0.15) is 0 Å². The number of carbonyl (C=O) groups is 2. The van der Waals surface area contributed by atoms with Gasteiger partial charge in [0.05, 0.1) is 0 Å². The SMILES string of the molecule is CCCC(C)(C)NC(=O)N(CC(=O)O)c1ccc(C)cc1. The first-order valence-electron chi connectivity index (χ1n) is 7.13. The standard InChI is InChI=1S/C16H24N2O3/c1-5-10-16(3,4)17-15(21)18(11-14(19)20)13-8-6-12(2)7-9-13/h6-9H,5,10-11H2,1-4H3,(H,17,21)(H,19,20). The van der Waals surface area contributed by atoms with Gasteiger partial charge in [-0.1, -0.05) is 31.0 Å². The van der Waals surface area contributed by atoms with E-state index in [1.165, 1.54) is 4.90 Å². The Balaban J connectivity index is 2.94. The number of aliphatic carboxylic acids is 1. The lowest BCUT2D eigenvalue weighted by molar-refractivity contribution is -0.135. The highest BCUT2D eigenvalue weighted by Gasteiger charge is 2.25. The third-order valence-corrected chi connectivity index (χ3v) is 3.20. The van der Waals surface area contributed by atoms with Crippen LogP contribution in [0.25, 0.3) is 0 Å². The summed E-state index contributed by atoms with van der Waals surface area (Å²) in [7, 11) is 0. The summed E-state index contributed by atoms with van der Waals surface area (Å²) in [5.74, 6) is -1.04. The van der Waals surface area contributed by atoms with Crippen LogP contribution in [-0.2, 0) is 4.79 Å². The minimum absolute atomic E-state index is 0.364. The molecule has 0 spiro atoms. The van der Waals surface area contributed by atoms with Gasteiger partial charge in [0, 0.05) is 11.2 Å². The molecule has 0 aliphatic heterocycles.